The van der Waals surface area contributed by atoms with Crippen LogP contribution in [-0.2, 0) is 16.0 Å². The van der Waals surface area contributed by atoms with Crippen LogP contribution >= 0.6 is 0 Å². The maximum absolute atomic E-state index is 13.2. The first kappa shape index (κ1) is 21.7. The molecule has 1 aliphatic heterocycles. The number of methoxy groups -OCH3 is 1. The number of anilines is 2. The van der Waals surface area contributed by atoms with Gasteiger partial charge in [-0.1, -0.05) is 19.1 Å². The van der Waals surface area contributed by atoms with Gasteiger partial charge in [0, 0.05) is 36.1 Å². The molecule has 2 aromatic carbocycles. The summed E-state index contributed by atoms with van der Waals surface area (Å²) in [7, 11) is 1.62. The molecule has 32 heavy (non-hydrogen) atoms. The molecule has 0 spiro atoms. The Hall–Kier alpha value is -3.54. The van der Waals surface area contributed by atoms with E-state index in [1.54, 1.807) is 12.0 Å². The number of hydrogen-bond donors (Lipinski definition) is 1. The van der Waals surface area contributed by atoms with E-state index in [9.17, 15) is 9.59 Å². The molecule has 0 saturated carbocycles. The van der Waals surface area contributed by atoms with Crippen LogP contribution in [0, 0.1) is 19.8 Å². The Morgan fingerprint density at radius 3 is 2.38 bits per heavy atom. The molecule has 1 fully saturated rings. The van der Waals surface area contributed by atoms with Crippen molar-refractivity contribution in [2.24, 2.45) is 5.92 Å². The second-order valence-electron chi connectivity index (χ2n) is 8.25. The second-order valence-corrected chi connectivity index (χ2v) is 8.25. The van der Waals surface area contributed by atoms with Crippen LogP contribution in [0.15, 0.2) is 54.6 Å². The minimum Gasteiger partial charge on any atom is -0.497 e. The summed E-state index contributed by atoms with van der Waals surface area (Å²) in [4.78, 5) is 27.5. The third-order valence-electron chi connectivity index (χ3n) is 6.13. The van der Waals surface area contributed by atoms with E-state index in [1.165, 1.54) is 5.56 Å². The first-order chi connectivity index (χ1) is 15.4. The molecule has 1 N–H and O–H groups in total. The van der Waals surface area contributed by atoms with Crippen LogP contribution in [0.4, 0.5) is 11.4 Å². The summed E-state index contributed by atoms with van der Waals surface area (Å²) in [5, 5.41) is 3.06. The number of benzene rings is 2. The summed E-state index contributed by atoms with van der Waals surface area (Å²) in [6.07, 6.45) is 1.15. The number of amides is 2. The van der Waals surface area contributed by atoms with Gasteiger partial charge >= 0.3 is 0 Å². The van der Waals surface area contributed by atoms with E-state index >= 15 is 0 Å². The standard InChI is InChI=1S/C26H29N3O3/c1-5-19-8-10-21(11-9-19)28-16-20(14-25(28)30)26(31)27-23-13-12-22(32-4)15-24(23)29-17(2)6-7-18(29)3/h6-13,15,20H,5,14,16H2,1-4H3,(H,27,31)/t20-/m1/s1. The second kappa shape index (κ2) is 8.91. The first-order valence-corrected chi connectivity index (χ1v) is 10.9. The minimum absolute atomic E-state index is 0.0264. The van der Waals surface area contributed by atoms with E-state index in [0.717, 1.165) is 29.2 Å². The molecule has 1 atom stereocenters. The van der Waals surface area contributed by atoms with Gasteiger partial charge in [0.2, 0.25) is 11.8 Å². The van der Waals surface area contributed by atoms with E-state index in [2.05, 4.69) is 16.8 Å². The van der Waals surface area contributed by atoms with Gasteiger partial charge in [-0.2, -0.15) is 0 Å². The molecule has 6 heteroatoms. The lowest BCUT2D eigenvalue weighted by Crippen LogP contribution is -2.28. The third-order valence-corrected chi connectivity index (χ3v) is 6.13. The number of hydrogen-bond acceptors (Lipinski definition) is 3. The van der Waals surface area contributed by atoms with E-state index < -0.39 is 5.92 Å². The van der Waals surface area contributed by atoms with Gasteiger partial charge in [-0.05, 0) is 62.2 Å². The van der Waals surface area contributed by atoms with Crippen molar-refractivity contribution >= 4 is 23.2 Å². The number of nitrogens with zero attached hydrogens (tertiary/aromatic N) is 2. The van der Waals surface area contributed by atoms with Crippen molar-refractivity contribution in [3.8, 4) is 11.4 Å². The number of ether oxygens (including phenoxy) is 1. The Morgan fingerprint density at radius 2 is 1.75 bits per heavy atom. The topological polar surface area (TPSA) is 63.6 Å². The Bertz CT molecular complexity index is 1130. The highest BCUT2D eigenvalue weighted by atomic mass is 16.5. The number of rotatable bonds is 6. The lowest BCUT2D eigenvalue weighted by atomic mass is 10.1. The van der Waals surface area contributed by atoms with Crippen LogP contribution in [0.2, 0.25) is 0 Å². The molecule has 166 valence electrons. The number of aryl methyl sites for hydroxylation is 3. The molecule has 1 saturated heterocycles. The van der Waals surface area contributed by atoms with Gasteiger partial charge in [-0.25, -0.2) is 0 Å². The van der Waals surface area contributed by atoms with Gasteiger partial charge in [0.25, 0.3) is 0 Å². The summed E-state index contributed by atoms with van der Waals surface area (Å²) in [6.45, 7) is 6.52. The fourth-order valence-electron chi connectivity index (χ4n) is 4.26. The SMILES string of the molecule is CCc1ccc(N2C[C@H](C(=O)Nc3ccc(OC)cc3-n3c(C)ccc3C)CC2=O)cc1. The smallest absolute Gasteiger partial charge is 0.229 e. The van der Waals surface area contributed by atoms with Crippen LogP contribution in [0.1, 0.15) is 30.3 Å². The number of carbonyl (C=O) groups is 2. The molecule has 0 aliphatic carbocycles. The van der Waals surface area contributed by atoms with Gasteiger partial charge in [-0.15, -0.1) is 0 Å². The highest BCUT2D eigenvalue weighted by molar-refractivity contribution is 6.04. The van der Waals surface area contributed by atoms with Crippen LogP contribution in [-0.4, -0.2) is 30.0 Å². The van der Waals surface area contributed by atoms with E-state index in [-0.39, 0.29) is 18.2 Å². The van der Waals surface area contributed by atoms with Crippen molar-refractivity contribution in [1.29, 1.82) is 0 Å². The van der Waals surface area contributed by atoms with E-state index in [0.29, 0.717) is 18.0 Å². The molecular formula is C26H29N3O3. The maximum Gasteiger partial charge on any atom is 0.229 e. The zero-order valence-electron chi connectivity index (χ0n) is 19.0. The van der Waals surface area contributed by atoms with E-state index in [1.807, 2.05) is 68.4 Å². The van der Waals surface area contributed by atoms with E-state index in [4.69, 9.17) is 4.74 Å². The molecule has 0 unspecified atom stereocenters. The molecule has 3 aromatic rings. The monoisotopic (exact) mass is 431 g/mol. The predicted molar refractivity (Wildman–Crippen MR) is 127 cm³/mol. The molecular weight excluding hydrogens is 402 g/mol. The average molecular weight is 432 g/mol. The lowest BCUT2D eigenvalue weighted by molar-refractivity contribution is -0.122. The lowest BCUT2D eigenvalue weighted by Gasteiger charge is -2.19. The van der Waals surface area contributed by atoms with Crippen LogP contribution in [0.5, 0.6) is 5.75 Å². The van der Waals surface area contributed by atoms with Crippen molar-refractivity contribution in [3.05, 3.63) is 71.5 Å². The molecule has 2 amide bonds. The minimum atomic E-state index is -0.407. The Balaban J connectivity index is 1.56. The number of aromatic nitrogens is 1. The molecule has 6 nitrogen and oxygen atoms in total. The zero-order chi connectivity index (χ0) is 22.8. The number of nitrogens with one attached hydrogen (secondary N) is 1. The van der Waals surface area contributed by atoms with Crippen LogP contribution in [0.3, 0.4) is 0 Å². The average Bonchev–Trinajstić information content (AvgIpc) is 3.36. The third kappa shape index (κ3) is 4.13. The summed E-state index contributed by atoms with van der Waals surface area (Å²) in [5.74, 6) is 0.125. The van der Waals surface area contributed by atoms with Crippen LogP contribution < -0.4 is 15.0 Å². The maximum atomic E-state index is 13.2. The van der Waals surface area contributed by atoms with Crippen molar-refractivity contribution < 1.29 is 14.3 Å². The summed E-state index contributed by atoms with van der Waals surface area (Å²) in [6, 6.07) is 17.6. The van der Waals surface area contributed by atoms with Crippen molar-refractivity contribution in [1.82, 2.24) is 4.57 Å². The van der Waals surface area contributed by atoms with Crippen molar-refractivity contribution in [2.75, 3.05) is 23.9 Å². The fraction of sp³-hybridized carbons (Fsp3) is 0.308. The molecule has 0 bridgehead atoms. The van der Waals surface area contributed by atoms with Crippen molar-refractivity contribution in [3.63, 3.8) is 0 Å². The molecule has 0 radical (unpaired) electrons. The summed E-state index contributed by atoms with van der Waals surface area (Å²) >= 11 is 0. The van der Waals surface area contributed by atoms with Crippen molar-refractivity contribution in [2.45, 2.75) is 33.6 Å². The number of carbonyl (C=O) groups excluding carboxylic acids is 2. The molecule has 2 heterocycles. The van der Waals surface area contributed by atoms with Gasteiger partial charge in [0.1, 0.15) is 5.75 Å². The quantitative estimate of drug-likeness (QED) is 0.618. The van der Waals surface area contributed by atoms with Gasteiger partial charge in [-0.3, -0.25) is 9.59 Å². The Labute approximate surface area is 188 Å². The normalized spacial score (nSPS) is 15.8. The van der Waals surface area contributed by atoms with Gasteiger partial charge in [0.05, 0.1) is 24.4 Å². The molecule has 4 rings (SSSR count). The highest BCUT2D eigenvalue weighted by Crippen LogP contribution is 2.31. The van der Waals surface area contributed by atoms with Crippen LogP contribution in [0.25, 0.3) is 5.69 Å². The molecule has 1 aliphatic rings. The first-order valence-electron chi connectivity index (χ1n) is 10.9. The summed E-state index contributed by atoms with van der Waals surface area (Å²) in [5.41, 5.74) is 5.71. The Morgan fingerprint density at radius 1 is 1.06 bits per heavy atom. The Kier molecular flexibility index (Phi) is 6.04. The largest absolute Gasteiger partial charge is 0.497 e. The highest BCUT2D eigenvalue weighted by Gasteiger charge is 2.35. The van der Waals surface area contributed by atoms with Gasteiger partial charge in [0.15, 0.2) is 0 Å². The predicted octanol–water partition coefficient (Wildman–Crippen LogP) is 4.66. The zero-order valence-corrected chi connectivity index (χ0v) is 19.0. The summed E-state index contributed by atoms with van der Waals surface area (Å²) < 4.78 is 7.49. The van der Waals surface area contributed by atoms with Gasteiger partial charge < -0.3 is 19.5 Å². The fourth-order valence-corrected chi connectivity index (χ4v) is 4.26. The molecule has 1 aromatic heterocycles.